The van der Waals surface area contributed by atoms with Crippen molar-refractivity contribution in [2.24, 2.45) is 5.73 Å². The monoisotopic (exact) mass is 514 g/mol. The van der Waals surface area contributed by atoms with E-state index in [-0.39, 0.29) is 5.91 Å². The van der Waals surface area contributed by atoms with Crippen LogP contribution in [0.5, 0.6) is 11.5 Å². The molecular formula is C31H34N2O3S. The van der Waals surface area contributed by atoms with Gasteiger partial charge in [-0.25, -0.2) is 0 Å². The van der Waals surface area contributed by atoms with Crippen LogP contribution in [0.2, 0.25) is 0 Å². The predicted octanol–water partition coefficient (Wildman–Crippen LogP) is 6.28. The summed E-state index contributed by atoms with van der Waals surface area (Å²) in [6.07, 6.45) is 4.45. The van der Waals surface area contributed by atoms with Gasteiger partial charge in [-0.1, -0.05) is 30.3 Å². The number of carbonyl (C=O) groups excluding carboxylic acids is 1. The third-order valence-corrected chi connectivity index (χ3v) is 8.09. The minimum absolute atomic E-state index is 0.295. The Morgan fingerprint density at radius 3 is 2.27 bits per heavy atom. The zero-order chi connectivity index (χ0) is 25.5. The predicted molar refractivity (Wildman–Crippen MR) is 152 cm³/mol. The fraction of sp³-hybridized carbons (Fsp3) is 0.323. The standard InChI is InChI=1S/C31H34N2O3S/c32-30(34)8-5-20-35-26-15-11-24(12-16-26)31-28(27-6-1-2-7-29(27)37-31)22-23-9-13-25(14-10-23)36-21-19-33-17-3-4-18-33/h1-2,6-7,9-16H,3-5,8,17-22H2,(H2,32,34). The molecule has 6 heteroatoms. The van der Waals surface area contributed by atoms with Crippen LogP contribution < -0.4 is 15.2 Å². The Labute approximate surface area is 222 Å². The van der Waals surface area contributed by atoms with E-state index in [2.05, 4.69) is 65.6 Å². The maximum atomic E-state index is 10.9. The molecule has 1 fully saturated rings. The van der Waals surface area contributed by atoms with Gasteiger partial charge in [0.25, 0.3) is 0 Å². The Hall–Kier alpha value is -3.35. The van der Waals surface area contributed by atoms with E-state index in [9.17, 15) is 4.79 Å². The quantitative estimate of drug-likeness (QED) is 0.226. The second-order valence-electron chi connectivity index (χ2n) is 9.57. The van der Waals surface area contributed by atoms with Crippen molar-refractivity contribution in [3.8, 4) is 21.9 Å². The molecule has 0 radical (unpaired) electrons. The molecular weight excluding hydrogens is 480 g/mol. The first-order valence-corrected chi connectivity index (χ1v) is 13.9. The van der Waals surface area contributed by atoms with E-state index >= 15 is 0 Å². The van der Waals surface area contributed by atoms with Gasteiger partial charge in [0.1, 0.15) is 18.1 Å². The number of ether oxygens (including phenoxy) is 2. The van der Waals surface area contributed by atoms with Crippen molar-refractivity contribution in [3.63, 3.8) is 0 Å². The maximum Gasteiger partial charge on any atom is 0.217 e. The number of thiophene rings is 1. The molecule has 2 heterocycles. The van der Waals surface area contributed by atoms with Crippen molar-refractivity contribution in [2.45, 2.75) is 32.1 Å². The number of benzene rings is 3. The summed E-state index contributed by atoms with van der Waals surface area (Å²) in [5, 5.41) is 1.31. The molecule has 1 aliphatic rings. The zero-order valence-electron chi connectivity index (χ0n) is 21.2. The number of amides is 1. The van der Waals surface area contributed by atoms with Crippen LogP contribution >= 0.6 is 11.3 Å². The molecule has 0 saturated carbocycles. The van der Waals surface area contributed by atoms with Crippen molar-refractivity contribution in [3.05, 3.63) is 83.9 Å². The van der Waals surface area contributed by atoms with Crippen LogP contribution in [0.15, 0.2) is 72.8 Å². The normalized spacial score (nSPS) is 13.7. The Bertz CT molecular complexity index is 1310. The highest BCUT2D eigenvalue weighted by molar-refractivity contribution is 7.22. The van der Waals surface area contributed by atoms with Crippen molar-refractivity contribution < 1.29 is 14.3 Å². The molecule has 1 aromatic heterocycles. The van der Waals surface area contributed by atoms with E-state index in [1.165, 1.54) is 57.6 Å². The van der Waals surface area contributed by atoms with Gasteiger partial charge in [0.15, 0.2) is 0 Å². The average molecular weight is 515 g/mol. The molecule has 4 aromatic rings. The van der Waals surface area contributed by atoms with E-state index in [1.54, 1.807) is 0 Å². The molecule has 1 aliphatic heterocycles. The molecule has 0 atom stereocenters. The smallest absolute Gasteiger partial charge is 0.217 e. The van der Waals surface area contributed by atoms with Gasteiger partial charge in [-0.2, -0.15) is 0 Å². The molecule has 0 bridgehead atoms. The van der Waals surface area contributed by atoms with E-state index in [4.69, 9.17) is 15.2 Å². The molecule has 3 aromatic carbocycles. The van der Waals surface area contributed by atoms with Gasteiger partial charge in [-0.15, -0.1) is 11.3 Å². The number of rotatable bonds is 12. The molecule has 1 amide bonds. The number of hydrogen-bond donors (Lipinski definition) is 1. The summed E-state index contributed by atoms with van der Waals surface area (Å²) < 4.78 is 13.1. The van der Waals surface area contributed by atoms with Gasteiger partial charge in [0, 0.05) is 22.5 Å². The number of carbonyl (C=O) groups is 1. The lowest BCUT2D eigenvalue weighted by atomic mass is 9.99. The zero-order valence-corrected chi connectivity index (χ0v) is 22.0. The van der Waals surface area contributed by atoms with E-state index < -0.39 is 0 Å². The van der Waals surface area contributed by atoms with Gasteiger partial charge in [0.05, 0.1) is 6.61 Å². The van der Waals surface area contributed by atoms with E-state index in [0.717, 1.165) is 31.1 Å². The van der Waals surface area contributed by atoms with Crippen molar-refractivity contribution in [2.75, 3.05) is 32.8 Å². The van der Waals surface area contributed by atoms with Crippen LogP contribution in [0.1, 0.15) is 36.8 Å². The summed E-state index contributed by atoms with van der Waals surface area (Å²) in [6.45, 7) is 4.62. The van der Waals surface area contributed by atoms with Crippen LogP contribution in [-0.2, 0) is 11.2 Å². The number of nitrogens with zero attached hydrogens (tertiary/aromatic N) is 1. The highest BCUT2D eigenvalue weighted by Crippen LogP contribution is 2.40. The summed E-state index contributed by atoms with van der Waals surface area (Å²) in [7, 11) is 0. The topological polar surface area (TPSA) is 64.8 Å². The van der Waals surface area contributed by atoms with Gasteiger partial charge >= 0.3 is 0 Å². The number of fused-ring (bicyclic) bond motifs is 1. The maximum absolute atomic E-state index is 10.9. The SMILES string of the molecule is NC(=O)CCCOc1ccc(-c2sc3ccccc3c2Cc2ccc(OCCN3CCCC3)cc2)cc1. The van der Waals surface area contributed by atoms with Crippen LogP contribution in [0, 0.1) is 0 Å². The van der Waals surface area contributed by atoms with E-state index in [0.29, 0.717) is 19.4 Å². The summed E-state index contributed by atoms with van der Waals surface area (Å²) >= 11 is 1.83. The van der Waals surface area contributed by atoms with Crippen LogP contribution in [0.25, 0.3) is 20.5 Å². The Morgan fingerprint density at radius 1 is 0.865 bits per heavy atom. The first-order chi connectivity index (χ1) is 18.2. The molecule has 192 valence electrons. The summed E-state index contributed by atoms with van der Waals surface area (Å²) in [5.74, 6) is 1.44. The molecule has 0 unspecified atom stereocenters. The summed E-state index contributed by atoms with van der Waals surface area (Å²) in [5.41, 5.74) is 9.00. The summed E-state index contributed by atoms with van der Waals surface area (Å²) in [4.78, 5) is 14.7. The average Bonchev–Trinajstić information content (AvgIpc) is 3.56. The second-order valence-corrected chi connectivity index (χ2v) is 10.6. The lowest BCUT2D eigenvalue weighted by Gasteiger charge is -2.15. The number of primary amides is 1. The molecule has 0 spiro atoms. The first kappa shape index (κ1) is 25.3. The van der Waals surface area contributed by atoms with Crippen LogP contribution in [-0.4, -0.2) is 43.7 Å². The van der Waals surface area contributed by atoms with E-state index in [1.807, 2.05) is 23.5 Å². The molecule has 5 rings (SSSR count). The Morgan fingerprint density at radius 2 is 1.54 bits per heavy atom. The van der Waals surface area contributed by atoms with Crippen LogP contribution in [0.4, 0.5) is 0 Å². The lowest BCUT2D eigenvalue weighted by molar-refractivity contribution is -0.118. The van der Waals surface area contributed by atoms with Gasteiger partial charge in [-0.3, -0.25) is 9.69 Å². The second kappa shape index (κ2) is 12.3. The largest absolute Gasteiger partial charge is 0.494 e. The minimum Gasteiger partial charge on any atom is -0.494 e. The lowest BCUT2D eigenvalue weighted by Crippen LogP contribution is -2.25. The van der Waals surface area contributed by atoms with Gasteiger partial charge in [-0.05, 0) is 103 Å². The van der Waals surface area contributed by atoms with Crippen LogP contribution in [0.3, 0.4) is 0 Å². The third kappa shape index (κ3) is 6.70. The third-order valence-electron chi connectivity index (χ3n) is 6.83. The van der Waals surface area contributed by atoms with Crippen molar-refractivity contribution >= 4 is 27.3 Å². The molecule has 2 N–H and O–H groups in total. The van der Waals surface area contributed by atoms with Crippen molar-refractivity contribution in [1.82, 2.24) is 4.90 Å². The molecule has 5 nitrogen and oxygen atoms in total. The molecule has 37 heavy (non-hydrogen) atoms. The fourth-order valence-electron chi connectivity index (χ4n) is 4.85. The first-order valence-electron chi connectivity index (χ1n) is 13.1. The number of likely N-dealkylation sites (tertiary alicyclic amines) is 1. The van der Waals surface area contributed by atoms with Gasteiger partial charge < -0.3 is 15.2 Å². The number of nitrogens with two attached hydrogens (primary N) is 1. The Kier molecular flexibility index (Phi) is 8.39. The number of hydrogen-bond acceptors (Lipinski definition) is 5. The van der Waals surface area contributed by atoms with Gasteiger partial charge in [0.2, 0.25) is 5.91 Å². The highest BCUT2D eigenvalue weighted by Gasteiger charge is 2.15. The Balaban J connectivity index is 1.28. The van der Waals surface area contributed by atoms with Crippen molar-refractivity contribution in [1.29, 1.82) is 0 Å². The highest BCUT2D eigenvalue weighted by atomic mass is 32.1. The minimum atomic E-state index is -0.295. The molecule has 0 aliphatic carbocycles. The molecule has 1 saturated heterocycles. The summed E-state index contributed by atoms with van der Waals surface area (Å²) in [6, 6.07) is 25.4. The fourth-order valence-corrected chi connectivity index (χ4v) is 6.08.